The minimum Gasteiger partial charge on any atom is -0.353 e. The third-order valence-corrected chi connectivity index (χ3v) is 4.41. The minimum atomic E-state index is 0.142. The van der Waals surface area contributed by atoms with Gasteiger partial charge in [0, 0.05) is 31.1 Å². The van der Waals surface area contributed by atoms with E-state index in [1.807, 2.05) is 0 Å². The van der Waals surface area contributed by atoms with Gasteiger partial charge in [-0.3, -0.25) is 9.69 Å². The first kappa shape index (κ1) is 10.6. The molecule has 3 rings (SSSR count). The molecular weight excluding hydrogens is 200 g/mol. The summed E-state index contributed by atoms with van der Waals surface area (Å²) < 4.78 is 0. The van der Waals surface area contributed by atoms with Crippen LogP contribution in [0.15, 0.2) is 0 Å². The zero-order valence-corrected chi connectivity index (χ0v) is 10.1. The molecule has 90 valence electrons. The Morgan fingerprint density at radius 1 is 1.06 bits per heavy atom. The zero-order chi connectivity index (χ0) is 11.1. The van der Waals surface area contributed by atoms with Gasteiger partial charge in [0.05, 0.1) is 0 Å². The minimum absolute atomic E-state index is 0.142. The molecule has 1 N–H and O–H groups in total. The molecule has 1 amide bonds. The lowest BCUT2D eigenvalue weighted by molar-refractivity contribution is -0.120. The van der Waals surface area contributed by atoms with Gasteiger partial charge in [-0.1, -0.05) is 6.42 Å². The van der Waals surface area contributed by atoms with Crippen LogP contribution in [-0.4, -0.2) is 35.0 Å². The van der Waals surface area contributed by atoms with Crippen molar-refractivity contribution in [2.24, 2.45) is 0 Å². The van der Waals surface area contributed by atoms with Crippen LogP contribution in [-0.2, 0) is 4.79 Å². The lowest BCUT2D eigenvalue weighted by Crippen LogP contribution is -2.57. The summed E-state index contributed by atoms with van der Waals surface area (Å²) in [7, 11) is 0. The Kier molecular flexibility index (Phi) is 2.66. The highest BCUT2D eigenvalue weighted by Gasteiger charge is 2.44. The van der Waals surface area contributed by atoms with Gasteiger partial charge in [0.1, 0.15) is 0 Å². The average molecular weight is 222 g/mol. The number of carbonyl (C=O) groups is 1. The number of hydrogen-bond acceptors (Lipinski definition) is 2. The first-order valence-corrected chi connectivity index (χ1v) is 6.78. The van der Waals surface area contributed by atoms with Crippen LogP contribution in [0.4, 0.5) is 0 Å². The second-order valence-corrected chi connectivity index (χ2v) is 5.79. The molecule has 0 aromatic rings. The molecule has 2 aliphatic heterocycles. The lowest BCUT2D eigenvalue weighted by atomic mass is 9.81. The summed E-state index contributed by atoms with van der Waals surface area (Å²) >= 11 is 0. The SMILES string of the molecule is CC(=O)NC1C[C@@H]2CCC[C@@H](C1)N2C1CC1. The van der Waals surface area contributed by atoms with Gasteiger partial charge in [-0.05, 0) is 38.5 Å². The van der Waals surface area contributed by atoms with Gasteiger partial charge < -0.3 is 5.32 Å². The van der Waals surface area contributed by atoms with E-state index in [1.165, 1.54) is 44.9 Å². The summed E-state index contributed by atoms with van der Waals surface area (Å²) in [5.41, 5.74) is 0. The van der Waals surface area contributed by atoms with Gasteiger partial charge in [0.25, 0.3) is 0 Å². The third kappa shape index (κ3) is 1.97. The molecule has 2 heterocycles. The van der Waals surface area contributed by atoms with Crippen LogP contribution < -0.4 is 5.32 Å². The first-order valence-electron chi connectivity index (χ1n) is 6.78. The quantitative estimate of drug-likeness (QED) is 0.771. The van der Waals surface area contributed by atoms with Gasteiger partial charge in [0.15, 0.2) is 0 Å². The molecular formula is C13H22N2O. The van der Waals surface area contributed by atoms with E-state index in [0.717, 1.165) is 18.1 Å². The largest absolute Gasteiger partial charge is 0.353 e. The van der Waals surface area contributed by atoms with Crippen LogP contribution in [0.1, 0.15) is 51.9 Å². The van der Waals surface area contributed by atoms with Gasteiger partial charge in [-0.25, -0.2) is 0 Å². The average Bonchev–Trinajstić information content (AvgIpc) is 2.98. The standard InChI is InChI=1S/C13H22N2O/c1-9(16)14-10-7-12-3-2-4-13(8-10)15(12)11-5-6-11/h10-13H,2-8H2,1H3,(H,14,16)/t12-,13-/m0/s1. The molecule has 3 nitrogen and oxygen atoms in total. The van der Waals surface area contributed by atoms with Crippen LogP contribution in [0.5, 0.6) is 0 Å². The maximum absolute atomic E-state index is 11.1. The summed E-state index contributed by atoms with van der Waals surface area (Å²) in [4.78, 5) is 13.9. The number of nitrogens with zero attached hydrogens (tertiary/aromatic N) is 1. The summed E-state index contributed by atoms with van der Waals surface area (Å²) in [5.74, 6) is 0.142. The van der Waals surface area contributed by atoms with E-state index in [-0.39, 0.29) is 5.91 Å². The number of nitrogens with one attached hydrogen (secondary N) is 1. The molecule has 3 heteroatoms. The van der Waals surface area contributed by atoms with Crippen molar-refractivity contribution in [3.05, 3.63) is 0 Å². The van der Waals surface area contributed by atoms with Crippen molar-refractivity contribution in [3.63, 3.8) is 0 Å². The van der Waals surface area contributed by atoms with E-state index in [9.17, 15) is 4.79 Å². The van der Waals surface area contributed by atoms with E-state index in [1.54, 1.807) is 6.92 Å². The van der Waals surface area contributed by atoms with Crippen molar-refractivity contribution in [2.45, 2.75) is 76.0 Å². The maximum atomic E-state index is 11.1. The molecule has 0 spiro atoms. The highest BCUT2D eigenvalue weighted by atomic mass is 16.1. The number of piperidine rings is 2. The monoisotopic (exact) mass is 222 g/mol. The van der Waals surface area contributed by atoms with Crippen LogP contribution in [0.3, 0.4) is 0 Å². The fourth-order valence-corrected chi connectivity index (χ4v) is 3.79. The zero-order valence-electron chi connectivity index (χ0n) is 10.1. The van der Waals surface area contributed by atoms with E-state index >= 15 is 0 Å². The lowest BCUT2D eigenvalue weighted by Gasteiger charge is -2.49. The molecule has 3 fully saturated rings. The molecule has 2 bridgehead atoms. The Labute approximate surface area is 97.6 Å². The fourth-order valence-electron chi connectivity index (χ4n) is 3.79. The van der Waals surface area contributed by atoms with Crippen molar-refractivity contribution >= 4 is 5.91 Å². The predicted octanol–water partition coefficient (Wildman–Crippen LogP) is 1.67. The molecule has 3 aliphatic rings. The van der Waals surface area contributed by atoms with Gasteiger partial charge >= 0.3 is 0 Å². The van der Waals surface area contributed by atoms with E-state index in [2.05, 4.69) is 10.2 Å². The third-order valence-electron chi connectivity index (χ3n) is 4.41. The first-order chi connectivity index (χ1) is 7.74. The Hall–Kier alpha value is -0.570. The molecule has 0 unspecified atom stereocenters. The Balaban J connectivity index is 1.68. The second kappa shape index (κ2) is 4.02. The van der Waals surface area contributed by atoms with E-state index in [4.69, 9.17) is 0 Å². The van der Waals surface area contributed by atoms with Crippen molar-refractivity contribution < 1.29 is 4.79 Å². The molecule has 0 aromatic carbocycles. The Bertz CT molecular complexity index is 274. The van der Waals surface area contributed by atoms with Crippen molar-refractivity contribution in [1.29, 1.82) is 0 Å². The summed E-state index contributed by atoms with van der Waals surface area (Å²) in [6.07, 6.45) is 9.30. The summed E-state index contributed by atoms with van der Waals surface area (Å²) in [6.45, 7) is 1.64. The smallest absolute Gasteiger partial charge is 0.217 e. The summed E-state index contributed by atoms with van der Waals surface area (Å²) in [6, 6.07) is 2.87. The molecule has 16 heavy (non-hydrogen) atoms. The number of fused-ring (bicyclic) bond motifs is 2. The second-order valence-electron chi connectivity index (χ2n) is 5.79. The fraction of sp³-hybridized carbons (Fsp3) is 0.923. The molecule has 0 radical (unpaired) electrons. The number of amides is 1. The van der Waals surface area contributed by atoms with Gasteiger partial charge in [-0.15, -0.1) is 0 Å². The highest BCUT2D eigenvalue weighted by molar-refractivity contribution is 5.73. The molecule has 2 saturated heterocycles. The Morgan fingerprint density at radius 3 is 2.19 bits per heavy atom. The van der Waals surface area contributed by atoms with Crippen LogP contribution in [0, 0.1) is 0 Å². The molecule has 1 saturated carbocycles. The number of carbonyl (C=O) groups excluding carboxylic acids is 1. The molecule has 0 aromatic heterocycles. The van der Waals surface area contributed by atoms with Crippen LogP contribution in [0.25, 0.3) is 0 Å². The van der Waals surface area contributed by atoms with E-state index in [0.29, 0.717) is 6.04 Å². The number of rotatable bonds is 2. The predicted molar refractivity (Wildman–Crippen MR) is 63.1 cm³/mol. The highest BCUT2D eigenvalue weighted by Crippen LogP contribution is 2.41. The van der Waals surface area contributed by atoms with Crippen molar-refractivity contribution in [3.8, 4) is 0 Å². The normalized spacial score (nSPS) is 39.4. The maximum Gasteiger partial charge on any atom is 0.217 e. The van der Waals surface area contributed by atoms with Gasteiger partial charge in [-0.2, -0.15) is 0 Å². The molecule has 2 atom stereocenters. The van der Waals surface area contributed by atoms with Crippen molar-refractivity contribution in [2.75, 3.05) is 0 Å². The van der Waals surface area contributed by atoms with Crippen molar-refractivity contribution in [1.82, 2.24) is 10.2 Å². The van der Waals surface area contributed by atoms with Crippen LogP contribution >= 0.6 is 0 Å². The van der Waals surface area contributed by atoms with Gasteiger partial charge in [0.2, 0.25) is 5.91 Å². The summed E-state index contributed by atoms with van der Waals surface area (Å²) in [5, 5.41) is 3.12. The Morgan fingerprint density at radius 2 is 1.69 bits per heavy atom. The van der Waals surface area contributed by atoms with E-state index < -0.39 is 0 Å². The molecule has 1 aliphatic carbocycles. The number of hydrogen-bond donors (Lipinski definition) is 1. The van der Waals surface area contributed by atoms with Crippen LogP contribution in [0.2, 0.25) is 0 Å². The topological polar surface area (TPSA) is 32.3 Å².